The third kappa shape index (κ3) is 3.96. The lowest BCUT2D eigenvalue weighted by Gasteiger charge is -2.11. The molecule has 0 aliphatic rings. The van der Waals surface area contributed by atoms with Gasteiger partial charge in [-0.1, -0.05) is 30.4 Å². The van der Waals surface area contributed by atoms with Crippen molar-refractivity contribution in [2.75, 3.05) is 0 Å². The lowest BCUT2D eigenvalue weighted by Crippen LogP contribution is -2.41. The van der Waals surface area contributed by atoms with Gasteiger partial charge in [0.25, 0.3) is 11.8 Å². The summed E-state index contributed by atoms with van der Waals surface area (Å²) in [5.41, 5.74) is 5.95. The first kappa shape index (κ1) is 15.3. The molecular weight excluding hydrogens is 278 g/mol. The number of rotatable bonds is 4. The van der Waals surface area contributed by atoms with Gasteiger partial charge >= 0.3 is 0 Å². The van der Waals surface area contributed by atoms with Gasteiger partial charge in [-0.15, -0.1) is 0 Å². The summed E-state index contributed by atoms with van der Waals surface area (Å²) in [6.07, 6.45) is 10.2. The highest BCUT2D eigenvalue weighted by Crippen LogP contribution is 2.14. The number of hydrogen-bond acceptors (Lipinski definition) is 2. The zero-order valence-electron chi connectivity index (χ0n) is 12.2. The number of hydrogen-bond donors (Lipinski definition) is 2. The van der Waals surface area contributed by atoms with Crippen LogP contribution in [0.5, 0.6) is 0 Å². The lowest BCUT2D eigenvalue weighted by atomic mass is 10.1. The van der Waals surface area contributed by atoms with E-state index in [1.165, 1.54) is 6.08 Å². The second-order valence-electron chi connectivity index (χ2n) is 4.44. The summed E-state index contributed by atoms with van der Waals surface area (Å²) in [6.45, 7) is 1.85. The quantitative estimate of drug-likeness (QED) is 0.517. The lowest BCUT2D eigenvalue weighted by molar-refractivity contribution is -0.117. The molecule has 0 aliphatic heterocycles. The molecule has 0 fully saturated rings. The Bertz CT molecular complexity index is 700. The van der Waals surface area contributed by atoms with Crippen molar-refractivity contribution in [1.82, 2.24) is 15.4 Å². The fraction of sp³-hybridized carbons (Fsp3) is 0.0588. The fourth-order valence-corrected chi connectivity index (χ4v) is 1.87. The molecule has 0 bridgehead atoms. The minimum absolute atomic E-state index is 0.378. The molecule has 1 aromatic heterocycles. The predicted octanol–water partition coefficient (Wildman–Crippen LogP) is 2.37. The minimum Gasteiger partial charge on any atom is -0.323 e. The molecule has 0 radical (unpaired) electrons. The molecule has 2 rings (SSSR count). The summed E-state index contributed by atoms with van der Waals surface area (Å²) in [4.78, 5) is 23.7. The van der Waals surface area contributed by atoms with Crippen LogP contribution in [0.25, 0.3) is 5.69 Å². The van der Waals surface area contributed by atoms with E-state index in [-0.39, 0.29) is 5.91 Å². The van der Waals surface area contributed by atoms with Crippen molar-refractivity contribution < 1.29 is 9.59 Å². The number of aromatic nitrogens is 1. The Morgan fingerprint density at radius 3 is 2.45 bits per heavy atom. The molecule has 5 heteroatoms. The minimum atomic E-state index is -0.398. The van der Waals surface area contributed by atoms with Gasteiger partial charge in [0, 0.05) is 18.5 Å². The molecule has 0 atom stereocenters. The van der Waals surface area contributed by atoms with Gasteiger partial charge in [-0.3, -0.25) is 20.4 Å². The molecule has 0 unspecified atom stereocenters. The molecule has 0 spiro atoms. The zero-order chi connectivity index (χ0) is 15.8. The Kier molecular flexibility index (Phi) is 5.31. The second kappa shape index (κ2) is 7.64. The van der Waals surface area contributed by atoms with Gasteiger partial charge in [0.15, 0.2) is 0 Å². The average molecular weight is 295 g/mol. The van der Waals surface area contributed by atoms with Gasteiger partial charge in [-0.2, -0.15) is 0 Å². The van der Waals surface area contributed by atoms with E-state index < -0.39 is 5.91 Å². The van der Waals surface area contributed by atoms with Crippen LogP contribution < -0.4 is 10.9 Å². The van der Waals surface area contributed by atoms with Gasteiger partial charge in [-0.25, -0.2) is 0 Å². The Morgan fingerprint density at radius 2 is 1.73 bits per heavy atom. The molecule has 2 N–H and O–H groups in total. The van der Waals surface area contributed by atoms with Crippen molar-refractivity contribution in [3.05, 3.63) is 78.7 Å². The van der Waals surface area contributed by atoms with E-state index in [4.69, 9.17) is 0 Å². The summed E-state index contributed by atoms with van der Waals surface area (Å²) < 4.78 is 1.84. The molecule has 1 aromatic carbocycles. The van der Waals surface area contributed by atoms with E-state index >= 15 is 0 Å². The zero-order valence-corrected chi connectivity index (χ0v) is 12.2. The van der Waals surface area contributed by atoms with Crippen LogP contribution in [0.4, 0.5) is 0 Å². The first-order valence-corrected chi connectivity index (χ1v) is 6.84. The maximum atomic E-state index is 12.2. The Hall–Kier alpha value is -3.08. The van der Waals surface area contributed by atoms with E-state index in [1.54, 1.807) is 30.4 Å². The molecule has 0 saturated heterocycles. The summed E-state index contributed by atoms with van der Waals surface area (Å²) in [5, 5.41) is 0. The van der Waals surface area contributed by atoms with E-state index in [0.29, 0.717) is 5.56 Å². The van der Waals surface area contributed by atoms with Crippen molar-refractivity contribution >= 4 is 11.8 Å². The van der Waals surface area contributed by atoms with Gasteiger partial charge in [0.05, 0.1) is 11.3 Å². The topological polar surface area (TPSA) is 63.1 Å². The Labute approximate surface area is 128 Å². The van der Waals surface area contributed by atoms with E-state index in [9.17, 15) is 9.59 Å². The first-order chi connectivity index (χ1) is 10.7. The monoisotopic (exact) mass is 295 g/mol. The molecular formula is C17H17N3O2. The normalized spacial score (nSPS) is 11.0. The predicted molar refractivity (Wildman–Crippen MR) is 85.3 cm³/mol. The Morgan fingerprint density at radius 1 is 1.00 bits per heavy atom. The van der Waals surface area contributed by atoms with Gasteiger partial charge in [0.1, 0.15) is 0 Å². The molecule has 2 amide bonds. The number of amides is 2. The highest BCUT2D eigenvalue weighted by molar-refractivity contribution is 5.99. The molecule has 5 nitrogen and oxygen atoms in total. The van der Waals surface area contributed by atoms with Crippen molar-refractivity contribution in [3.8, 4) is 5.69 Å². The number of carbonyl (C=O) groups excluding carboxylic acids is 2. The van der Waals surface area contributed by atoms with Crippen molar-refractivity contribution in [2.45, 2.75) is 6.92 Å². The van der Waals surface area contributed by atoms with Gasteiger partial charge in [0.2, 0.25) is 0 Å². The number of allylic oxidation sites excluding steroid dienone is 3. The van der Waals surface area contributed by atoms with Crippen molar-refractivity contribution in [2.24, 2.45) is 0 Å². The van der Waals surface area contributed by atoms with Crippen LogP contribution in [-0.4, -0.2) is 16.4 Å². The standard InChI is InChI=1S/C17H17N3O2/c1-2-3-4-11-16(21)18-19-17(22)14-9-5-6-10-15(14)20-12-7-8-13-20/h2-13H,1H3,(H,18,21)(H,19,22)/b3-2+,11-4+. The number of benzene rings is 1. The summed E-state index contributed by atoms with van der Waals surface area (Å²) in [7, 11) is 0. The number of para-hydroxylation sites is 1. The third-order valence-electron chi connectivity index (χ3n) is 2.88. The summed E-state index contributed by atoms with van der Waals surface area (Å²) in [6, 6.07) is 10.9. The molecule has 1 heterocycles. The molecule has 2 aromatic rings. The van der Waals surface area contributed by atoms with Crippen molar-refractivity contribution in [1.29, 1.82) is 0 Å². The average Bonchev–Trinajstić information content (AvgIpc) is 3.07. The van der Waals surface area contributed by atoms with Crippen LogP contribution in [0.3, 0.4) is 0 Å². The Balaban J connectivity index is 2.06. The number of carbonyl (C=O) groups is 2. The molecule has 0 saturated carbocycles. The maximum Gasteiger partial charge on any atom is 0.271 e. The van der Waals surface area contributed by atoms with E-state index in [0.717, 1.165) is 5.69 Å². The SMILES string of the molecule is C/C=C/C=C/C(=O)NNC(=O)c1ccccc1-n1cccc1. The van der Waals surface area contributed by atoms with Gasteiger partial charge < -0.3 is 4.57 Å². The van der Waals surface area contributed by atoms with Crippen LogP contribution in [-0.2, 0) is 4.79 Å². The largest absolute Gasteiger partial charge is 0.323 e. The van der Waals surface area contributed by atoms with Crippen LogP contribution in [0.15, 0.2) is 73.1 Å². The molecule has 22 heavy (non-hydrogen) atoms. The number of nitrogens with one attached hydrogen (secondary N) is 2. The highest BCUT2D eigenvalue weighted by atomic mass is 16.2. The smallest absolute Gasteiger partial charge is 0.271 e. The first-order valence-electron chi connectivity index (χ1n) is 6.84. The van der Waals surface area contributed by atoms with Crippen molar-refractivity contribution in [3.63, 3.8) is 0 Å². The number of nitrogens with zero attached hydrogens (tertiary/aromatic N) is 1. The fourth-order valence-electron chi connectivity index (χ4n) is 1.87. The summed E-state index contributed by atoms with van der Waals surface area (Å²) in [5.74, 6) is -0.776. The summed E-state index contributed by atoms with van der Waals surface area (Å²) >= 11 is 0. The number of hydrazine groups is 1. The third-order valence-corrected chi connectivity index (χ3v) is 2.88. The molecule has 0 aliphatic carbocycles. The van der Waals surface area contributed by atoms with Crippen LogP contribution in [0, 0.1) is 0 Å². The van der Waals surface area contributed by atoms with Crippen LogP contribution in [0.2, 0.25) is 0 Å². The van der Waals surface area contributed by atoms with Crippen LogP contribution in [0.1, 0.15) is 17.3 Å². The van der Waals surface area contributed by atoms with Gasteiger partial charge in [-0.05, 0) is 31.2 Å². The second-order valence-corrected chi connectivity index (χ2v) is 4.44. The molecule has 112 valence electrons. The highest BCUT2D eigenvalue weighted by Gasteiger charge is 2.11. The van der Waals surface area contributed by atoms with E-state index in [1.807, 2.05) is 48.1 Å². The van der Waals surface area contributed by atoms with E-state index in [2.05, 4.69) is 10.9 Å². The maximum absolute atomic E-state index is 12.2. The van der Waals surface area contributed by atoms with Crippen LogP contribution >= 0.6 is 0 Å².